The summed E-state index contributed by atoms with van der Waals surface area (Å²) in [6.07, 6.45) is 1.05. The van der Waals surface area contributed by atoms with Crippen LogP contribution in [0.15, 0.2) is 10.6 Å². The Morgan fingerprint density at radius 1 is 1.38 bits per heavy atom. The van der Waals surface area contributed by atoms with Crippen molar-refractivity contribution in [3.8, 4) is 0 Å². The van der Waals surface area contributed by atoms with Gasteiger partial charge in [-0.3, -0.25) is 4.79 Å². The van der Waals surface area contributed by atoms with Gasteiger partial charge in [0.1, 0.15) is 12.3 Å². The van der Waals surface area contributed by atoms with Crippen molar-refractivity contribution in [2.45, 2.75) is 6.92 Å². The Labute approximate surface area is 124 Å². The van der Waals surface area contributed by atoms with E-state index in [4.69, 9.17) is 4.52 Å². The third-order valence-corrected chi connectivity index (χ3v) is 4.52. The van der Waals surface area contributed by atoms with Gasteiger partial charge in [0, 0.05) is 32.2 Å². The molecule has 0 unspecified atom stereocenters. The molecule has 0 spiro atoms. The van der Waals surface area contributed by atoms with E-state index in [1.54, 1.807) is 11.8 Å². The molecule has 0 bridgehead atoms. The second kappa shape index (κ2) is 6.02. The third-order valence-electron chi connectivity index (χ3n) is 3.41. The molecule has 1 amide bonds. The number of amides is 1. The van der Waals surface area contributed by atoms with Crippen molar-refractivity contribution in [1.29, 1.82) is 0 Å². The van der Waals surface area contributed by atoms with Crippen LogP contribution in [0.4, 0.5) is 5.82 Å². The van der Waals surface area contributed by atoms with Gasteiger partial charge in [0.15, 0.2) is 5.82 Å². The molecule has 1 aromatic rings. The normalized spacial score (nSPS) is 17.0. The topological polar surface area (TPSA) is 87.0 Å². The highest BCUT2D eigenvalue weighted by Crippen LogP contribution is 2.17. The maximum absolute atomic E-state index is 12.3. The van der Waals surface area contributed by atoms with E-state index in [0.717, 1.165) is 23.7 Å². The molecule has 9 heteroatoms. The summed E-state index contributed by atoms with van der Waals surface area (Å²) in [5.41, 5.74) is 0. The maximum atomic E-state index is 12.3. The molecule has 8 nitrogen and oxygen atoms in total. The van der Waals surface area contributed by atoms with E-state index in [9.17, 15) is 13.2 Å². The van der Waals surface area contributed by atoms with Gasteiger partial charge in [-0.2, -0.15) is 0 Å². The summed E-state index contributed by atoms with van der Waals surface area (Å²) < 4.78 is 29.6. The number of aromatic nitrogens is 1. The first-order valence-electron chi connectivity index (χ1n) is 6.65. The predicted molar refractivity (Wildman–Crippen MR) is 77.5 cm³/mol. The van der Waals surface area contributed by atoms with Crippen molar-refractivity contribution in [3.05, 3.63) is 11.8 Å². The highest BCUT2D eigenvalue weighted by atomic mass is 32.2. The third kappa shape index (κ3) is 3.94. The average molecular weight is 316 g/mol. The van der Waals surface area contributed by atoms with Crippen LogP contribution in [0.1, 0.15) is 5.76 Å². The Bertz CT molecular complexity index is 605. The molecule has 0 atom stereocenters. The number of likely N-dealkylation sites (N-methyl/N-ethyl adjacent to an activating group) is 1. The molecule has 21 heavy (non-hydrogen) atoms. The smallest absolute Gasteiger partial charge is 0.243 e. The van der Waals surface area contributed by atoms with E-state index in [0.29, 0.717) is 18.8 Å². The Morgan fingerprint density at radius 2 is 2.00 bits per heavy atom. The fourth-order valence-electron chi connectivity index (χ4n) is 2.12. The van der Waals surface area contributed by atoms with Crippen molar-refractivity contribution in [2.75, 3.05) is 50.3 Å². The minimum Gasteiger partial charge on any atom is -0.360 e. The first-order chi connectivity index (χ1) is 9.77. The number of sulfonamides is 1. The number of nitrogens with zero attached hydrogens (tertiary/aromatic N) is 4. The Hall–Kier alpha value is -1.61. The van der Waals surface area contributed by atoms with Crippen molar-refractivity contribution in [1.82, 2.24) is 15.0 Å². The molecule has 1 aliphatic rings. The summed E-state index contributed by atoms with van der Waals surface area (Å²) in [7, 11) is -1.61. The van der Waals surface area contributed by atoms with Gasteiger partial charge in [-0.05, 0) is 14.0 Å². The molecule has 1 aromatic heterocycles. The number of hydrogen-bond acceptors (Lipinski definition) is 6. The van der Waals surface area contributed by atoms with E-state index in [1.807, 2.05) is 7.05 Å². The lowest BCUT2D eigenvalue weighted by molar-refractivity contribution is -0.131. The van der Waals surface area contributed by atoms with Gasteiger partial charge in [-0.25, -0.2) is 12.7 Å². The first kappa shape index (κ1) is 15.8. The second-order valence-corrected chi connectivity index (χ2v) is 7.16. The summed E-state index contributed by atoms with van der Waals surface area (Å²) in [6.45, 7) is 4.19. The summed E-state index contributed by atoms with van der Waals surface area (Å²) in [5, 5.41) is 3.69. The summed E-state index contributed by atoms with van der Waals surface area (Å²) >= 11 is 0. The van der Waals surface area contributed by atoms with E-state index in [-0.39, 0.29) is 18.3 Å². The standard InChI is InChI=1S/C12H20N4O4S/c1-10-8-11(13-20-10)16(21(3,18)19)9-12(17)15-6-4-14(2)5-7-15/h8H,4-7,9H2,1-3H3. The zero-order chi connectivity index (χ0) is 15.6. The number of aryl methyl sites for hydroxylation is 1. The Balaban J connectivity index is 2.11. The van der Waals surface area contributed by atoms with Gasteiger partial charge in [-0.15, -0.1) is 0 Å². The van der Waals surface area contributed by atoms with Crippen LogP contribution in [-0.4, -0.2) is 75.3 Å². The van der Waals surface area contributed by atoms with Gasteiger partial charge in [0.05, 0.1) is 6.26 Å². The minimum atomic E-state index is -3.60. The van der Waals surface area contributed by atoms with Crippen LogP contribution < -0.4 is 4.31 Å². The summed E-state index contributed by atoms with van der Waals surface area (Å²) in [5.74, 6) is 0.400. The van der Waals surface area contributed by atoms with Crippen LogP contribution in [0, 0.1) is 6.92 Å². The van der Waals surface area contributed by atoms with Crippen molar-refractivity contribution < 1.29 is 17.7 Å². The van der Waals surface area contributed by atoms with Gasteiger partial charge in [0.2, 0.25) is 15.9 Å². The van der Waals surface area contributed by atoms with Crippen LogP contribution >= 0.6 is 0 Å². The molecule has 2 heterocycles. The van der Waals surface area contributed by atoms with Crippen molar-refractivity contribution in [2.24, 2.45) is 0 Å². The number of hydrogen-bond donors (Lipinski definition) is 0. The fourth-order valence-corrected chi connectivity index (χ4v) is 2.89. The number of piperazine rings is 1. The lowest BCUT2D eigenvalue weighted by Gasteiger charge is -2.33. The van der Waals surface area contributed by atoms with E-state index >= 15 is 0 Å². The number of anilines is 1. The molecule has 1 fully saturated rings. The maximum Gasteiger partial charge on any atom is 0.243 e. The molecule has 0 radical (unpaired) electrons. The predicted octanol–water partition coefficient (Wildman–Crippen LogP) is -0.477. The zero-order valence-corrected chi connectivity index (χ0v) is 13.3. The second-order valence-electron chi connectivity index (χ2n) is 5.25. The lowest BCUT2D eigenvalue weighted by Crippen LogP contribution is -2.50. The lowest BCUT2D eigenvalue weighted by atomic mass is 10.3. The highest BCUT2D eigenvalue weighted by Gasteiger charge is 2.27. The van der Waals surface area contributed by atoms with Crippen LogP contribution in [0.5, 0.6) is 0 Å². The molecule has 0 aromatic carbocycles. The van der Waals surface area contributed by atoms with E-state index < -0.39 is 10.0 Å². The Kier molecular flexibility index (Phi) is 4.52. The molecule has 0 aliphatic carbocycles. The SMILES string of the molecule is Cc1cc(N(CC(=O)N2CCN(C)CC2)S(C)(=O)=O)no1. The zero-order valence-electron chi connectivity index (χ0n) is 12.4. The first-order valence-corrected chi connectivity index (χ1v) is 8.49. The molecule has 2 rings (SSSR count). The van der Waals surface area contributed by atoms with Gasteiger partial charge < -0.3 is 14.3 Å². The molecule has 0 N–H and O–H groups in total. The van der Waals surface area contributed by atoms with Crippen LogP contribution in [0.3, 0.4) is 0 Å². The number of carbonyl (C=O) groups is 1. The molecular weight excluding hydrogens is 296 g/mol. The van der Waals surface area contributed by atoms with Gasteiger partial charge in [-0.1, -0.05) is 5.16 Å². The van der Waals surface area contributed by atoms with Crippen molar-refractivity contribution in [3.63, 3.8) is 0 Å². The van der Waals surface area contributed by atoms with E-state index in [2.05, 4.69) is 10.1 Å². The number of carbonyl (C=O) groups excluding carboxylic acids is 1. The van der Waals surface area contributed by atoms with Crippen LogP contribution in [-0.2, 0) is 14.8 Å². The molecule has 1 saturated heterocycles. The Morgan fingerprint density at radius 3 is 2.48 bits per heavy atom. The molecule has 118 valence electrons. The largest absolute Gasteiger partial charge is 0.360 e. The van der Waals surface area contributed by atoms with Crippen LogP contribution in [0.2, 0.25) is 0 Å². The average Bonchev–Trinajstić information content (AvgIpc) is 2.81. The van der Waals surface area contributed by atoms with Crippen molar-refractivity contribution >= 4 is 21.7 Å². The molecule has 0 saturated carbocycles. The fraction of sp³-hybridized carbons (Fsp3) is 0.667. The quantitative estimate of drug-likeness (QED) is 0.746. The summed E-state index contributed by atoms with van der Waals surface area (Å²) in [4.78, 5) is 16.1. The summed E-state index contributed by atoms with van der Waals surface area (Å²) in [6, 6.07) is 1.50. The number of rotatable bonds is 4. The monoisotopic (exact) mass is 316 g/mol. The van der Waals surface area contributed by atoms with Gasteiger partial charge >= 0.3 is 0 Å². The van der Waals surface area contributed by atoms with Gasteiger partial charge in [0.25, 0.3) is 0 Å². The molecular formula is C12H20N4O4S. The molecule has 1 aliphatic heterocycles. The minimum absolute atomic E-state index is 0.137. The van der Waals surface area contributed by atoms with Crippen LogP contribution in [0.25, 0.3) is 0 Å². The van der Waals surface area contributed by atoms with E-state index in [1.165, 1.54) is 6.07 Å². The highest BCUT2D eigenvalue weighted by molar-refractivity contribution is 7.92.